The number of rotatable bonds is 7. The Bertz CT molecular complexity index is 1200. The fraction of sp³-hybridized carbons (Fsp3) is 0.333. The molecule has 1 aromatic carbocycles. The number of sulfonamides is 1. The van der Waals surface area contributed by atoms with Gasteiger partial charge in [-0.2, -0.15) is 0 Å². The number of anilines is 1. The molecule has 4 rings (SSSR count). The van der Waals surface area contributed by atoms with Gasteiger partial charge in [-0.25, -0.2) is 18.1 Å². The van der Waals surface area contributed by atoms with Crippen LogP contribution in [-0.4, -0.2) is 31.0 Å². The Morgan fingerprint density at radius 2 is 2.11 bits per heavy atom. The molecule has 0 aliphatic heterocycles. The number of methoxy groups -OCH3 is 1. The Morgan fingerprint density at radius 1 is 1.32 bits per heavy atom. The normalized spacial score (nSPS) is 14.4. The SMILES string of the molecule is COc1ccc(S(=O)(=O)NC2CC2)cc1NCc1cc(=O)n2c(C)csc2n1. The van der Waals surface area contributed by atoms with Crippen molar-refractivity contribution in [3.8, 4) is 5.75 Å². The number of aryl methyl sites for hydroxylation is 1. The van der Waals surface area contributed by atoms with Crippen molar-refractivity contribution in [2.45, 2.75) is 37.2 Å². The van der Waals surface area contributed by atoms with Crippen molar-refractivity contribution in [2.24, 2.45) is 0 Å². The van der Waals surface area contributed by atoms with Gasteiger partial charge in [-0.3, -0.25) is 9.20 Å². The summed E-state index contributed by atoms with van der Waals surface area (Å²) in [7, 11) is -2.06. The number of fused-ring (bicyclic) bond motifs is 1. The van der Waals surface area contributed by atoms with E-state index in [4.69, 9.17) is 4.74 Å². The molecule has 1 fully saturated rings. The van der Waals surface area contributed by atoms with Crippen molar-refractivity contribution in [1.29, 1.82) is 0 Å². The van der Waals surface area contributed by atoms with E-state index >= 15 is 0 Å². The maximum absolute atomic E-state index is 12.5. The van der Waals surface area contributed by atoms with Crippen molar-refractivity contribution in [3.05, 3.63) is 51.4 Å². The second-order valence-electron chi connectivity index (χ2n) is 6.69. The molecule has 0 amide bonds. The van der Waals surface area contributed by atoms with Gasteiger partial charge in [0.2, 0.25) is 10.0 Å². The van der Waals surface area contributed by atoms with Gasteiger partial charge in [-0.15, -0.1) is 11.3 Å². The number of thiazole rings is 1. The standard InChI is InChI=1S/C18H20N4O4S2/c1-11-10-27-18-20-13(7-17(23)22(11)18)9-19-15-8-14(5-6-16(15)26-2)28(24,25)21-12-3-4-12/h5-8,10,12,19,21H,3-4,9H2,1-2H3. The van der Waals surface area contributed by atoms with Gasteiger partial charge in [0.1, 0.15) is 5.75 Å². The van der Waals surface area contributed by atoms with Gasteiger partial charge in [-0.1, -0.05) is 0 Å². The smallest absolute Gasteiger partial charge is 0.259 e. The fourth-order valence-electron chi connectivity index (χ4n) is 2.86. The van der Waals surface area contributed by atoms with E-state index in [0.29, 0.717) is 22.1 Å². The Kier molecular flexibility index (Phi) is 4.86. The molecule has 3 aromatic rings. The number of nitrogens with zero attached hydrogens (tertiary/aromatic N) is 2. The first kappa shape index (κ1) is 18.9. The van der Waals surface area contributed by atoms with E-state index in [1.54, 1.807) is 10.5 Å². The van der Waals surface area contributed by atoms with Crippen LogP contribution in [0.4, 0.5) is 5.69 Å². The zero-order valence-electron chi connectivity index (χ0n) is 15.4. The molecule has 28 heavy (non-hydrogen) atoms. The molecule has 2 N–H and O–H groups in total. The Hall–Kier alpha value is -2.43. The average Bonchev–Trinajstić information content (AvgIpc) is 3.39. The first-order chi connectivity index (χ1) is 13.4. The zero-order valence-corrected chi connectivity index (χ0v) is 17.1. The molecule has 0 saturated heterocycles. The summed E-state index contributed by atoms with van der Waals surface area (Å²) in [6.45, 7) is 2.12. The minimum absolute atomic E-state index is 0.0293. The lowest BCUT2D eigenvalue weighted by molar-refractivity contribution is 0.416. The summed E-state index contributed by atoms with van der Waals surface area (Å²) in [5, 5.41) is 5.02. The minimum atomic E-state index is -3.57. The second-order valence-corrected chi connectivity index (χ2v) is 9.24. The van der Waals surface area contributed by atoms with E-state index in [2.05, 4.69) is 15.0 Å². The van der Waals surface area contributed by atoms with Gasteiger partial charge in [0, 0.05) is 23.2 Å². The van der Waals surface area contributed by atoms with Crippen molar-refractivity contribution < 1.29 is 13.2 Å². The third-order valence-corrected chi connectivity index (χ3v) is 6.93. The molecule has 0 spiro atoms. The number of hydrogen-bond donors (Lipinski definition) is 2. The van der Waals surface area contributed by atoms with Crippen molar-refractivity contribution in [2.75, 3.05) is 12.4 Å². The van der Waals surface area contributed by atoms with E-state index in [-0.39, 0.29) is 23.0 Å². The largest absolute Gasteiger partial charge is 0.495 e. The van der Waals surface area contributed by atoms with Gasteiger partial charge in [-0.05, 0) is 38.0 Å². The summed E-state index contributed by atoms with van der Waals surface area (Å²) in [4.78, 5) is 17.6. The van der Waals surface area contributed by atoms with E-state index in [1.807, 2.05) is 12.3 Å². The van der Waals surface area contributed by atoms with Crippen LogP contribution < -0.4 is 20.3 Å². The van der Waals surface area contributed by atoms with Crippen molar-refractivity contribution in [1.82, 2.24) is 14.1 Å². The third-order valence-electron chi connectivity index (χ3n) is 4.47. The second kappa shape index (κ2) is 7.19. The highest BCUT2D eigenvalue weighted by molar-refractivity contribution is 7.89. The average molecular weight is 421 g/mol. The predicted octanol–water partition coefficient (Wildman–Crippen LogP) is 2.13. The lowest BCUT2D eigenvalue weighted by Crippen LogP contribution is -2.25. The molecule has 0 bridgehead atoms. The summed E-state index contributed by atoms with van der Waals surface area (Å²) >= 11 is 1.40. The highest BCUT2D eigenvalue weighted by atomic mass is 32.2. The van der Waals surface area contributed by atoms with Crippen LogP contribution in [0.1, 0.15) is 24.2 Å². The Morgan fingerprint density at radius 3 is 2.82 bits per heavy atom. The van der Waals surface area contributed by atoms with Crippen LogP contribution in [0.2, 0.25) is 0 Å². The number of hydrogen-bond acceptors (Lipinski definition) is 7. The van der Waals surface area contributed by atoms with Crippen molar-refractivity contribution in [3.63, 3.8) is 0 Å². The van der Waals surface area contributed by atoms with E-state index in [1.165, 1.54) is 36.6 Å². The van der Waals surface area contributed by atoms with Crippen LogP contribution in [0.25, 0.3) is 4.96 Å². The van der Waals surface area contributed by atoms with Gasteiger partial charge in [0.05, 0.1) is 29.9 Å². The van der Waals surface area contributed by atoms with E-state index in [0.717, 1.165) is 18.5 Å². The van der Waals surface area contributed by atoms with Gasteiger partial charge < -0.3 is 10.1 Å². The summed E-state index contributed by atoms with van der Waals surface area (Å²) < 4.78 is 34.5. The first-order valence-corrected chi connectivity index (χ1v) is 11.1. The fourth-order valence-corrected chi connectivity index (χ4v) is 5.08. The van der Waals surface area contributed by atoms with Gasteiger partial charge >= 0.3 is 0 Å². The lowest BCUT2D eigenvalue weighted by atomic mass is 10.2. The van der Waals surface area contributed by atoms with E-state index < -0.39 is 10.0 Å². The maximum Gasteiger partial charge on any atom is 0.259 e. The molecular weight excluding hydrogens is 400 g/mol. The topological polar surface area (TPSA) is 102 Å². The molecule has 0 atom stereocenters. The molecular formula is C18H20N4O4S2. The molecule has 1 aliphatic rings. The molecule has 0 radical (unpaired) electrons. The molecule has 2 heterocycles. The van der Waals surface area contributed by atoms with Crippen LogP contribution >= 0.6 is 11.3 Å². The quantitative estimate of drug-likeness (QED) is 0.607. The summed E-state index contributed by atoms with van der Waals surface area (Å²) in [5.41, 5.74) is 1.79. The molecule has 8 nitrogen and oxygen atoms in total. The lowest BCUT2D eigenvalue weighted by Gasteiger charge is -2.13. The third kappa shape index (κ3) is 3.75. The van der Waals surface area contributed by atoms with Crippen molar-refractivity contribution >= 4 is 32.0 Å². The van der Waals surface area contributed by atoms with Gasteiger partial charge in [0.25, 0.3) is 5.56 Å². The van der Waals surface area contributed by atoms with Crippen LogP contribution in [0.15, 0.2) is 39.3 Å². The minimum Gasteiger partial charge on any atom is -0.495 e. The summed E-state index contributed by atoms with van der Waals surface area (Å²) in [5.74, 6) is 0.509. The number of benzene rings is 1. The van der Waals surface area contributed by atoms with Crippen LogP contribution in [-0.2, 0) is 16.6 Å². The molecule has 148 valence electrons. The number of ether oxygens (including phenoxy) is 1. The summed E-state index contributed by atoms with van der Waals surface area (Å²) in [6.07, 6.45) is 1.73. The van der Waals surface area contributed by atoms with Crippen LogP contribution in [0, 0.1) is 6.92 Å². The molecule has 1 saturated carbocycles. The van der Waals surface area contributed by atoms with E-state index in [9.17, 15) is 13.2 Å². The zero-order chi connectivity index (χ0) is 19.9. The molecule has 1 aliphatic carbocycles. The Balaban J connectivity index is 1.60. The summed E-state index contributed by atoms with van der Waals surface area (Å²) in [6, 6.07) is 6.16. The Labute approximate surface area is 166 Å². The van der Waals surface area contributed by atoms with Crippen LogP contribution in [0.3, 0.4) is 0 Å². The monoisotopic (exact) mass is 420 g/mol. The van der Waals surface area contributed by atoms with Gasteiger partial charge in [0.15, 0.2) is 4.96 Å². The highest BCUT2D eigenvalue weighted by Crippen LogP contribution is 2.29. The van der Waals surface area contributed by atoms with Crippen LogP contribution in [0.5, 0.6) is 5.75 Å². The molecule has 0 unspecified atom stereocenters. The predicted molar refractivity (Wildman–Crippen MR) is 108 cm³/mol. The first-order valence-electron chi connectivity index (χ1n) is 8.78. The highest BCUT2D eigenvalue weighted by Gasteiger charge is 2.28. The number of aromatic nitrogens is 2. The molecule has 10 heteroatoms. The molecule has 2 aromatic heterocycles. The maximum atomic E-state index is 12.5. The number of nitrogens with one attached hydrogen (secondary N) is 2.